The zero-order valence-electron chi connectivity index (χ0n) is 6.39. The average Bonchev–Trinajstić information content (AvgIpc) is 1.82. The van der Waals surface area contributed by atoms with Gasteiger partial charge in [-0.2, -0.15) is 0 Å². The summed E-state index contributed by atoms with van der Waals surface area (Å²) in [5, 5.41) is 0. The van der Waals surface area contributed by atoms with Crippen molar-refractivity contribution >= 4 is 10.2 Å². The lowest BCUT2D eigenvalue weighted by atomic mass is 10.2. The third-order valence-corrected chi connectivity index (χ3v) is 2.16. The average molecular weight is 218 g/mol. The molecule has 0 aliphatic carbocycles. The molecule has 0 nitrogen and oxygen atoms in total. The summed E-state index contributed by atoms with van der Waals surface area (Å²) in [6, 6.07) is 6.10. The van der Waals surface area contributed by atoms with Crippen LogP contribution in [-0.2, 0) is 5.75 Å². The Morgan fingerprint density at radius 2 is 1.31 bits per heavy atom. The van der Waals surface area contributed by atoms with E-state index >= 15 is 0 Å². The van der Waals surface area contributed by atoms with Gasteiger partial charge in [-0.1, -0.05) is 49.8 Å². The van der Waals surface area contributed by atoms with E-state index in [-0.39, 0.29) is 0 Å². The third kappa shape index (κ3) is 4.72. The van der Waals surface area contributed by atoms with E-state index in [0.717, 1.165) is 12.1 Å². The molecule has 1 aromatic rings. The van der Waals surface area contributed by atoms with Crippen LogP contribution in [0.3, 0.4) is 0 Å². The van der Waals surface area contributed by atoms with Crippen molar-refractivity contribution in [2.45, 2.75) is 5.75 Å². The van der Waals surface area contributed by atoms with Crippen LogP contribution in [0.25, 0.3) is 0 Å². The van der Waals surface area contributed by atoms with Gasteiger partial charge in [-0.25, -0.2) is 0 Å². The summed E-state index contributed by atoms with van der Waals surface area (Å²) in [6.45, 7) is 0. The second kappa shape index (κ2) is 2.17. The molecule has 13 heavy (non-hydrogen) atoms. The Kier molecular flexibility index (Phi) is 1.72. The molecule has 0 N–H and O–H groups in total. The molecule has 0 bridgehead atoms. The van der Waals surface area contributed by atoms with Gasteiger partial charge in [-0.15, -0.1) is 0 Å². The van der Waals surface area contributed by atoms with E-state index in [0.29, 0.717) is 0 Å². The Morgan fingerprint density at radius 3 is 1.69 bits per heavy atom. The Hall–Kier alpha value is -0.780. The molecule has 0 saturated heterocycles. The van der Waals surface area contributed by atoms with Gasteiger partial charge in [0.05, 0.1) is 0 Å². The maximum atomic E-state index is 11.9. The molecule has 76 valence electrons. The standard InChI is InChI=1S/C7H7F5S/c8-13(9,10,11,12)6-7-4-2-1-3-5-7/h1-5H,6H2. The summed E-state index contributed by atoms with van der Waals surface area (Å²) >= 11 is 0. The van der Waals surface area contributed by atoms with Crippen LogP contribution >= 0.6 is 10.2 Å². The van der Waals surface area contributed by atoms with E-state index in [1.807, 2.05) is 0 Å². The maximum Gasteiger partial charge on any atom is 0.289 e. The summed E-state index contributed by atoms with van der Waals surface area (Å²) in [5.74, 6) is -2.12. The molecule has 1 aromatic carbocycles. The van der Waals surface area contributed by atoms with Gasteiger partial charge >= 0.3 is 0 Å². The summed E-state index contributed by atoms with van der Waals surface area (Å²) < 4.78 is 59.5. The van der Waals surface area contributed by atoms with Crippen molar-refractivity contribution in [3.8, 4) is 0 Å². The Morgan fingerprint density at radius 1 is 0.846 bits per heavy atom. The number of hydrogen-bond donors (Lipinski definition) is 0. The predicted octanol–water partition coefficient (Wildman–Crippen LogP) is 4.49. The first kappa shape index (κ1) is 10.3. The first-order chi connectivity index (χ1) is 5.55. The molecule has 0 spiro atoms. The summed E-state index contributed by atoms with van der Waals surface area (Å²) in [6.07, 6.45) is 0. The number of hydrogen-bond acceptors (Lipinski definition) is 0. The van der Waals surface area contributed by atoms with Crippen LogP contribution in [0.1, 0.15) is 5.56 Å². The fraction of sp³-hybridized carbons (Fsp3) is 0.143. The minimum absolute atomic E-state index is 0.415. The second-order valence-corrected chi connectivity index (χ2v) is 5.30. The van der Waals surface area contributed by atoms with E-state index in [1.165, 1.54) is 18.2 Å². The fourth-order valence-electron chi connectivity index (χ4n) is 0.889. The molecule has 0 aromatic heterocycles. The van der Waals surface area contributed by atoms with Crippen molar-refractivity contribution in [3.05, 3.63) is 35.9 Å². The Balaban J connectivity index is 2.96. The van der Waals surface area contributed by atoms with Crippen molar-refractivity contribution in [3.63, 3.8) is 0 Å². The van der Waals surface area contributed by atoms with Crippen molar-refractivity contribution in [2.24, 2.45) is 0 Å². The lowest BCUT2D eigenvalue weighted by Gasteiger charge is -2.40. The molecule has 0 unspecified atom stereocenters. The van der Waals surface area contributed by atoms with E-state index in [2.05, 4.69) is 0 Å². The van der Waals surface area contributed by atoms with Crippen LogP contribution < -0.4 is 0 Å². The molecule has 0 aliphatic heterocycles. The van der Waals surface area contributed by atoms with Crippen molar-refractivity contribution in [1.29, 1.82) is 0 Å². The minimum atomic E-state index is -9.29. The smallest absolute Gasteiger partial charge is 0.0975 e. The fourth-order valence-corrected chi connectivity index (χ4v) is 1.71. The molecule has 0 radical (unpaired) electrons. The first-order valence-electron chi connectivity index (χ1n) is 3.32. The Bertz CT molecular complexity index is 299. The van der Waals surface area contributed by atoms with Crippen LogP contribution in [0.5, 0.6) is 0 Å². The molecule has 0 fully saturated rings. The van der Waals surface area contributed by atoms with Crippen molar-refractivity contribution < 1.29 is 19.4 Å². The zero-order chi connectivity index (χ0) is 10.2. The highest BCUT2D eigenvalue weighted by Gasteiger charge is 2.62. The van der Waals surface area contributed by atoms with Gasteiger partial charge in [0.25, 0.3) is 10.2 Å². The van der Waals surface area contributed by atoms with Crippen molar-refractivity contribution in [1.82, 2.24) is 0 Å². The lowest BCUT2D eigenvalue weighted by Crippen LogP contribution is -2.08. The van der Waals surface area contributed by atoms with Crippen LogP contribution in [0, 0.1) is 0 Å². The normalized spacial score (nSPS) is 17.6. The van der Waals surface area contributed by atoms with Gasteiger partial charge in [0.1, 0.15) is 5.75 Å². The van der Waals surface area contributed by atoms with E-state index in [1.54, 1.807) is 0 Å². The van der Waals surface area contributed by atoms with E-state index in [9.17, 15) is 19.4 Å². The van der Waals surface area contributed by atoms with Gasteiger partial charge in [0.15, 0.2) is 0 Å². The number of halogens is 5. The highest BCUT2D eigenvalue weighted by atomic mass is 32.5. The van der Waals surface area contributed by atoms with Crippen LogP contribution in [0.4, 0.5) is 19.4 Å². The summed E-state index contributed by atoms with van der Waals surface area (Å²) in [4.78, 5) is 0. The van der Waals surface area contributed by atoms with E-state index < -0.39 is 21.5 Å². The zero-order valence-corrected chi connectivity index (χ0v) is 7.21. The molecule has 0 saturated carbocycles. The second-order valence-electron chi connectivity index (χ2n) is 2.76. The molecule has 0 heterocycles. The van der Waals surface area contributed by atoms with Gasteiger partial charge in [-0.3, -0.25) is 0 Å². The molecule has 0 amide bonds. The molecular weight excluding hydrogens is 211 g/mol. The molecule has 0 aliphatic rings. The van der Waals surface area contributed by atoms with Crippen LogP contribution in [0.15, 0.2) is 30.3 Å². The first-order valence-corrected chi connectivity index (χ1v) is 5.44. The minimum Gasteiger partial charge on any atom is -0.0975 e. The molecule has 0 atom stereocenters. The highest BCUT2D eigenvalue weighted by Crippen LogP contribution is 2.99. The van der Waals surface area contributed by atoms with Gasteiger partial charge in [0.2, 0.25) is 0 Å². The third-order valence-electron chi connectivity index (χ3n) is 1.28. The molecule has 1 rings (SSSR count). The van der Waals surface area contributed by atoms with Gasteiger partial charge in [-0.05, 0) is 5.56 Å². The topological polar surface area (TPSA) is 0 Å². The quantitative estimate of drug-likeness (QED) is 0.642. The van der Waals surface area contributed by atoms with E-state index in [4.69, 9.17) is 0 Å². The van der Waals surface area contributed by atoms with Gasteiger partial charge < -0.3 is 0 Å². The Labute approximate surface area is 72.1 Å². The maximum absolute atomic E-state index is 11.9. The van der Waals surface area contributed by atoms with Gasteiger partial charge in [0, 0.05) is 0 Å². The lowest BCUT2D eigenvalue weighted by molar-refractivity contribution is 0.362. The predicted molar refractivity (Wildman–Crippen MR) is 43.3 cm³/mol. The largest absolute Gasteiger partial charge is 0.289 e. The number of rotatable bonds is 2. The van der Waals surface area contributed by atoms with Crippen molar-refractivity contribution in [2.75, 3.05) is 0 Å². The highest BCUT2D eigenvalue weighted by molar-refractivity contribution is 8.45. The molecule has 6 heteroatoms. The number of benzene rings is 1. The summed E-state index contributed by atoms with van der Waals surface area (Å²) in [7, 11) is -9.29. The summed E-state index contributed by atoms with van der Waals surface area (Å²) in [5.41, 5.74) is -0.415. The molecular formula is C7H7F5S. The van der Waals surface area contributed by atoms with Crippen LogP contribution in [0.2, 0.25) is 0 Å². The SMILES string of the molecule is FS(F)(F)(F)(F)Cc1ccccc1. The monoisotopic (exact) mass is 218 g/mol. The van der Waals surface area contributed by atoms with Crippen LogP contribution in [-0.4, -0.2) is 0 Å².